The van der Waals surface area contributed by atoms with Crippen molar-refractivity contribution in [3.05, 3.63) is 0 Å². The van der Waals surface area contributed by atoms with Crippen LogP contribution < -0.4 is 0 Å². The molecule has 2 fully saturated rings. The van der Waals surface area contributed by atoms with E-state index >= 15 is 0 Å². The molecule has 0 radical (unpaired) electrons. The first-order chi connectivity index (χ1) is 7.66. The van der Waals surface area contributed by atoms with Crippen molar-refractivity contribution < 1.29 is 14.3 Å². The van der Waals surface area contributed by atoms with Crippen molar-refractivity contribution in [3.8, 4) is 0 Å². The molecule has 2 aliphatic heterocycles. The maximum Gasteiger partial charge on any atom is 0.170 e. The van der Waals surface area contributed by atoms with Crippen molar-refractivity contribution in [2.24, 2.45) is 5.92 Å². The highest BCUT2D eigenvalue weighted by Crippen LogP contribution is 2.45. The first-order valence-corrected chi connectivity index (χ1v) is 6.55. The lowest BCUT2D eigenvalue weighted by Crippen LogP contribution is -2.45. The molecule has 0 amide bonds. The summed E-state index contributed by atoms with van der Waals surface area (Å²) in [5.41, 5.74) is -1.17. The first kappa shape index (κ1) is 13.0. The molecule has 0 aromatic carbocycles. The highest BCUT2D eigenvalue weighted by Gasteiger charge is 2.54. The van der Waals surface area contributed by atoms with Gasteiger partial charge in [-0.2, -0.15) is 0 Å². The normalized spacial score (nSPS) is 39.5. The molecule has 3 nitrogen and oxygen atoms in total. The maximum absolute atomic E-state index is 12.7. The predicted molar refractivity (Wildman–Crippen MR) is 65.9 cm³/mol. The summed E-state index contributed by atoms with van der Waals surface area (Å²) in [7, 11) is 0. The van der Waals surface area contributed by atoms with Gasteiger partial charge in [-0.25, -0.2) is 0 Å². The maximum atomic E-state index is 12.7. The monoisotopic (exact) mass is 240 g/mol. The zero-order chi connectivity index (χ0) is 12.9. The van der Waals surface area contributed by atoms with Crippen LogP contribution in [0, 0.1) is 5.92 Å². The number of hydrogen-bond acceptors (Lipinski definition) is 3. The average Bonchev–Trinajstić information content (AvgIpc) is 2.67. The van der Waals surface area contributed by atoms with Gasteiger partial charge in [-0.3, -0.25) is 4.79 Å². The van der Waals surface area contributed by atoms with E-state index < -0.39 is 5.60 Å². The molecule has 17 heavy (non-hydrogen) atoms. The minimum Gasteiger partial charge on any atom is -0.369 e. The molecule has 2 heterocycles. The van der Waals surface area contributed by atoms with E-state index in [-0.39, 0.29) is 22.9 Å². The largest absolute Gasteiger partial charge is 0.369 e. The van der Waals surface area contributed by atoms with E-state index in [4.69, 9.17) is 9.47 Å². The Morgan fingerprint density at radius 1 is 1.18 bits per heavy atom. The Balaban J connectivity index is 2.20. The fraction of sp³-hybridized carbons (Fsp3) is 0.929. The molecule has 0 aliphatic carbocycles. The average molecular weight is 240 g/mol. The smallest absolute Gasteiger partial charge is 0.170 e. The van der Waals surface area contributed by atoms with E-state index in [1.54, 1.807) is 0 Å². The molecule has 0 spiro atoms. The van der Waals surface area contributed by atoms with Crippen LogP contribution in [0.1, 0.15) is 53.9 Å². The first-order valence-electron chi connectivity index (χ1n) is 6.55. The molecular weight excluding hydrogens is 216 g/mol. The Labute approximate surface area is 104 Å². The molecule has 0 N–H and O–H groups in total. The number of hydrogen-bond donors (Lipinski definition) is 0. The molecule has 2 unspecified atom stereocenters. The number of carbonyl (C=O) groups is 1. The second kappa shape index (κ2) is 3.79. The number of ether oxygens (including phenoxy) is 2. The van der Waals surface area contributed by atoms with E-state index in [1.807, 2.05) is 20.8 Å². The Bertz CT molecular complexity index is 324. The van der Waals surface area contributed by atoms with Crippen LogP contribution in [0.4, 0.5) is 0 Å². The van der Waals surface area contributed by atoms with E-state index in [1.165, 1.54) is 0 Å². The van der Waals surface area contributed by atoms with Gasteiger partial charge in [-0.1, -0.05) is 0 Å². The zero-order valence-electron chi connectivity index (χ0n) is 11.6. The molecule has 0 aromatic heterocycles. The van der Waals surface area contributed by atoms with Crippen molar-refractivity contribution in [3.63, 3.8) is 0 Å². The Morgan fingerprint density at radius 3 is 2.24 bits per heavy atom. The molecule has 2 aliphatic rings. The third kappa shape index (κ3) is 2.27. The number of Topliss-reactive ketones (excluding diaryl/α,β-unsaturated/α-hetero) is 1. The summed E-state index contributed by atoms with van der Waals surface area (Å²) >= 11 is 0. The van der Waals surface area contributed by atoms with E-state index in [2.05, 4.69) is 13.8 Å². The van der Waals surface area contributed by atoms with Gasteiger partial charge in [0.25, 0.3) is 0 Å². The Kier molecular flexibility index (Phi) is 2.91. The van der Waals surface area contributed by atoms with Crippen molar-refractivity contribution >= 4 is 5.78 Å². The lowest BCUT2D eigenvalue weighted by Gasteiger charge is -2.31. The van der Waals surface area contributed by atoms with Crippen LogP contribution in [0.25, 0.3) is 0 Å². The fourth-order valence-corrected chi connectivity index (χ4v) is 3.31. The van der Waals surface area contributed by atoms with Crippen LogP contribution >= 0.6 is 0 Å². The summed E-state index contributed by atoms with van der Waals surface area (Å²) in [5, 5.41) is 0. The SMILES string of the molecule is CC1(C)CC(C(=O)C2(C)CCCO2)C(C)(C)O1. The summed E-state index contributed by atoms with van der Waals surface area (Å²) in [5.74, 6) is 0.172. The fourth-order valence-electron chi connectivity index (χ4n) is 3.31. The second-order valence-corrected chi connectivity index (χ2v) is 6.77. The van der Waals surface area contributed by atoms with Crippen molar-refractivity contribution in [2.75, 3.05) is 6.61 Å². The highest BCUT2D eigenvalue weighted by atomic mass is 16.5. The zero-order valence-corrected chi connectivity index (χ0v) is 11.6. The third-order valence-corrected chi connectivity index (χ3v) is 4.13. The molecule has 0 bridgehead atoms. The van der Waals surface area contributed by atoms with Gasteiger partial charge < -0.3 is 9.47 Å². The van der Waals surface area contributed by atoms with Gasteiger partial charge in [0, 0.05) is 6.61 Å². The Morgan fingerprint density at radius 2 is 1.82 bits per heavy atom. The minimum atomic E-state index is -0.578. The molecule has 0 saturated carbocycles. The summed E-state index contributed by atoms with van der Waals surface area (Å²) < 4.78 is 11.7. The van der Waals surface area contributed by atoms with Crippen molar-refractivity contribution in [1.29, 1.82) is 0 Å². The molecule has 2 rings (SSSR count). The van der Waals surface area contributed by atoms with Crippen LogP contribution in [-0.4, -0.2) is 29.2 Å². The lowest BCUT2D eigenvalue weighted by molar-refractivity contribution is -0.147. The molecule has 2 saturated heterocycles. The lowest BCUT2D eigenvalue weighted by atomic mass is 9.77. The van der Waals surface area contributed by atoms with Crippen molar-refractivity contribution in [2.45, 2.75) is 70.7 Å². The minimum absolute atomic E-state index is 0.0550. The van der Waals surface area contributed by atoms with E-state index in [0.717, 1.165) is 19.3 Å². The van der Waals surface area contributed by atoms with Crippen LogP contribution in [0.15, 0.2) is 0 Å². The standard InChI is InChI=1S/C14H24O3/c1-12(2)9-10(13(3,4)17-12)11(15)14(5)7-6-8-16-14/h10H,6-9H2,1-5H3. The van der Waals surface area contributed by atoms with Gasteiger partial charge in [0.05, 0.1) is 17.1 Å². The molecule has 2 atom stereocenters. The summed E-state index contributed by atoms with van der Waals surface area (Å²) in [6.45, 7) is 10.8. The van der Waals surface area contributed by atoms with Gasteiger partial charge in [-0.15, -0.1) is 0 Å². The Hall–Kier alpha value is -0.410. The van der Waals surface area contributed by atoms with Gasteiger partial charge in [0.2, 0.25) is 0 Å². The quantitative estimate of drug-likeness (QED) is 0.744. The van der Waals surface area contributed by atoms with Crippen LogP contribution in [0.2, 0.25) is 0 Å². The highest BCUT2D eigenvalue weighted by molar-refractivity contribution is 5.90. The van der Waals surface area contributed by atoms with E-state index in [9.17, 15) is 4.79 Å². The topological polar surface area (TPSA) is 35.5 Å². The summed E-state index contributed by atoms with van der Waals surface area (Å²) in [6, 6.07) is 0. The predicted octanol–water partition coefficient (Wildman–Crippen LogP) is 2.72. The van der Waals surface area contributed by atoms with Crippen LogP contribution in [-0.2, 0) is 14.3 Å². The second-order valence-electron chi connectivity index (χ2n) is 6.77. The molecule has 0 aromatic rings. The number of rotatable bonds is 2. The van der Waals surface area contributed by atoms with Crippen molar-refractivity contribution in [1.82, 2.24) is 0 Å². The van der Waals surface area contributed by atoms with Gasteiger partial charge in [-0.05, 0) is 53.9 Å². The molecule has 98 valence electrons. The van der Waals surface area contributed by atoms with Crippen LogP contribution in [0.3, 0.4) is 0 Å². The van der Waals surface area contributed by atoms with Gasteiger partial charge >= 0.3 is 0 Å². The number of carbonyl (C=O) groups excluding carboxylic acids is 1. The van der Waals surface area contributed by atoms with E-state index in [0.29, 0.717) is 6.61 Å². The summed E-state index contributed by atoms with van der Waals surface area (Å²) in [4.78, 5) is 12.7. The van der Waals surface area contributed by atoms with Gasteiger partial charge in [0.15, 0.2) is 5.78 Å². The van der Waals surface area contributed by atoms with Crippen LogP contribution in [0.5, 0.6) is 0 Å². The summed E-state index contributed by atoms with van der Waals surface area (Å²) in [6.07, 6.45) is 2.62. The van der Waals surface area contributed by atoms with Gasteiger partial charge in [0.1, 0.15) is 5.60 Å². The third-order valence-electron chi connectivity index (χ3n) is 4.13. The number of ketones is 1. The molecular formula is C14H24O3. The molecule has 3 heteroatoms.